The minimum atomic E-state index is -1.96. The van der Waals surface area contributed by atoms with E-state index in [9.17, 15) is 5.11 Å². The molecule has 35 heavy (non-hydrogen) atoms. The lowest BCUT2D eigenvalue weighted by Gasteiger charge is -2.47. The van der Waals surface area contributed by atoms with Gasteiger partial charge in [-0.2, -0.15) is 0 Å². The van der Waals surface area contributed by atoms with Crippen LogP contribution in [0.4, 0.5) is 0 Å². The summed E-state index contributed by atoms with van der Waals surface area (Å²) in [4.78, 5) is 2.95. The highest BCUT2D eigenvalue weighted by molar-refractivity contribution is 6.70. The molecular weight excluding hydrogens is 497 g/mol. The van der Waals surface area contributed by atoms with Crippen LogP contribution in [0.3, 0.4) is 0 Å². The Hall–Kier alpha value is -0.589. The van der Waals surface area contributed by atoms with Gasteiger partial charge in [-0.25, -0.2) is 0 Å². The fourth-order valence-corrected chi connectivity index (χ4v) is 8.36. The molecule has 8 nitrogen and oxygen atoms in total. The van der Waals surface area contributed by atoms with Crippen LogP contribution >= 0.6 is 0 Å². The van der Waals surface area contributed by atoms with Crippen LogP contribution < -0.4 is 0 Å². The average Bonchev–Trinajstić information content (AvgIpc) is 3.41. The maximum Gasteiger partial charge on any atom is 0.387 e. The first-order valence-electron chi connectivity index (χ1n) is 12.9. The Kier molecular flexibility index (Phi) is 10.4. The number of aliphatic hydroxyl groups excluding tert-OH is 1. The summed E-state index contributed by atoms with van der Waals surface area (Å²) in [6.07, 6.45) is 1.75. The minimum absolute atomic E-state index is 0.0392. The van der Waals surface area contributed by atoms with Gasteiger partial charge in [-0.1, -0.05) is 6.92 Å². The maximum atomic E-state index is 10.2. The van der Waals surface area contributed by atoms with E-state index in [2.05, 4.69) is 77.7 Å². The average molecular weight is 546 g/mol. The molecule has 0 aromatic heterocycles. The number of ether oxygens (including phenoxy) is 2. The first-order chi connectivity index (χ1) is 15.9. The third-order valence-corrected chi connectivity index (χ3v) is 9.27. The van der Waals surface area contributed by atoms with Crippen molar-refractivity contribution in [1.29, 1.82) is 5.39 Å². The molecule has 0 aliphatic carbocycles. The molecule has 0 spiro atoms. The second-order valence-electron chi connectivity index (χ2n) is 13.1. The Morgan fingerprint density at radius 1 is 0.971 bits per heavy atom. The molecule has 0 radical (unpaired) electrons. The lowest BCUT2D eigenvalue weighted by molar-refractivity contribution is -0.154. The Morgan fingerprint density at radius 3 is 2.06 bits per heavy atom. The highest BCUT2D eigenvalue weighted by Crippen LogP contribution is 2.41. The highest BCUT2D eigenvalue weighted by Gasteiger charge is 2.51. The van der Waals surface area contributed by atoms with Gasteiger partial charge in [-0.15, -0.1) is 0 Å². The van der Waals surface area contributed by atoms with Crippen molar-refractivity contribution in [3.05, 3.63) is 16.9 Å². The number of rotatable bonds is 12. The van der Waals surface area contributed by atoms with Crippen LogP contribution in [0.1, 0.15) is 26.7 Å². The van der Waals surface area contributed by atoms with Crippen molar-refractivity contribution >= 4 is 25.0 Å². The first-order valence-corrected chi connectivity index (χ1v) is 23.2. The second-order valence-corrected chi connectivity index (χ2v) is 26.5. The predicted octanol–water partition coefficient (Wildman–Crippen LogP) is 6.12. The van der Waals surface area contributed by atoms with E-state index in [1.807, 2.05) is 0 Å². The van der Waals surface area contributed by atoms with E-state index in [1.54, 1.807) is 0 Å². The fraction of sp³-hybridized carbons (Fsp3) is 0.917. The van der Waals surface area contributed by atoms with E-state index in [4.69, 9.17) is 28.1 Å². The van der Waals surface area contributed by atoms with Crippen molar-refractivity contribution in [2.24, 2.45) is 11.8 Å². The van der Waals surface area contributed by atoms with Crippen LogP contribution in [0.25, 0.3) is 4.98 Å². The molecule has 2 aliphatic rings. The molecule has 2 rings (SSSR count). The van der Waals surface area contributed by atoms with Gasteiger partial charge >= 0.3 is 6.20 Å². The van der Waals surface area contributed by atoms with Gasteiger partial charge in [-0.05, 0) is 72.3 Å². The standard InChI is InChI=1S/C24H48N2O6Si3/c1-16(17(2)30-33(3,4)5)22-21(29-22)12-18-15-28-20(13-19(27)14-26-25)24(32-35(9,10)11)23(18)31-34(6,7)8/h14,16-18,20-24H,12-13,15H2,1-11H3/p+1/b19-14-/t16-,17-,18-,20-,21-,22-,23+,24-/m0/s1. The molecule has 0 amide bonds. The summed E-state index contributed by atoms with van der Waals surface area (Å²) < 4.78 is 32.2. The molecule has 1 N–H and O–H groups in total. The maximum absolute atomic E-state index is 10.2. The molecule has 2 fully saturated rings. The van der Waals surface area contributed by atoms with Gasteiger partial charge in [0.25, 0.3) is 0 Å². The summed E-state index contributed by atoms with van der Waals surface area (Å²) >= 11 is 0. The number of diazo groups is 1. The minimum Gasteiger partial charge on any atom is -0.505 e. The molecule has 11 heteroatoms. The molecule has 2 heterocycles. The van der Waals surface area contributed by atoms with E-state index in [0.717, 1.165) is 12.6 Å². The van der Waals surface area contributed by atoms with Crippen molar-refractivity contribution in [3.63, 3.8) is 0 Å². The van der Waals surface area contributed by atoms with Gasteiger partial charge in [0.1, 0.15) is 0 Å². The molecule has 0 aromatic carbocycles. The number of nitrogens with zero attached hydrogens (tertiary/aromatic N) is 2. The quantitative estimate of drug-likeness (QED) is 0.137. The van der Waals surface area contributed by atoms with Crippen LogP contribution in [0.5, 0.6) is 0 Å². The Balaban J connectivity index is 2.20. The number of hydrogen-bond donors (Lipinski definition) is 1. The summed E-state index contributed by atoms with van der Waals surface area (Å²) in [5, 5.41) is 19.0. The molecule has 0 aromatic rings. The molecular formula is C24H49N2O6Si3+. The van der Waals surface area contributed by atoms with E-state index in [-0.39, 0.29) is 54.7 Å². The number of aliphatic hydroxyl groups is 1. The number of hydrogen-bond acceptors (Lipinski definition) is 7. The predicted molar refractivity (Wildman–Crippen MR) is 146 cm³/mol. The van der Waals surface area contributed by atoms with E-state index in [1.165, 1.54) is 0 Å². The zero-order chi connectivity index (χ0) is 26.8. The summed E-state index contributed by atoms with van der Waals surface area (Å²) in [5.74, 6) is 0.407. The van der Waals surface area contributed by atoms with Gasteiger partial charge in [0, 0.05) is 24.4 Å². The van der Waals surface area contributed by atoms with Gasteiger partial charge in [0.05, 0.1) is 37.1 Å². The molecule has 2 aliphatic heterocycles. The van der Waals surface area contributed by atoms with Crippen LogP contribution in [-0.2, 0) is 22.8 Å². The van der Waals surface area contributed by atoms with Crippen LogP contribution in [0.2, 0.25) is 58.9 Å². The molecule has 2 saturated heterocycles. The lowest BCUT2D eigenvalue weighted by atomic mass is 9.86. The zero-order valence-electron chi connectivity index (χ0n) is 23.7. The van der Waals surface area contributed by atoms with Gasteiger partial charge < -0.3 is 27.9 Å². The third kappa shape index (κ3) is 10.4. The normalized spacial score (nSPS) is 32.1. The van der Waals surface area contributed by atoms with E-state index >= 15 is 0 Å². The largest absolute Gasteiger partial charge is 0.505 e. The van der Waals surface area contributed by atoms with Gasteiger partial charge in [0.15, 0.2) is 35.7 Å². The first kappa shape index (κ1) is 30.6. The summed E-state index contributed by atoms with van der Waals surface area (Å²) in [7, 11) is -5.49. The van der Waals surface area contributed by atoms with E-state index in [0.29, 0.717) is 12.5 Å². The van der Waals surface area contributed by atoms with E-state index < -0.39 is 25.0 Å². The Morgan fingerprint density at radius 2 is 1.54 bits per heavy atom. The zero-order valence-corrected chi connectivity index (χ0v) is 26.7. The highest BCUT2D eigenvalue weighted by atomic mass is 28.4. The molecule has 8 atom stereocenters. The topological polar surface area (TPSA) is 97.8 Å². The van der Waals surface area contributed by atoms with Crippen LogP contribution in [0.15, 0.2) is 12.0 Å². The smallest absolute Gasteiger partial charge is 0.387 e. The second kappa shape index (κ2) is 11.9. The summed E-state index contributed by atoms with van der Waals surface area (Å²) in [5.41, 5.74) is 0. The summed E-state index contributed by atoms with van der Waals surface area (Å²) in [6.45, 7) is 24.6. The fourth-order valence-electron chi connectivity index (χ4n) is 4.78. The van der Waals surface area contributed by atoms with Crippen molar-refractivity contribution in [2.75, 3.05) is 6.61 Å². The van der Waals surface area contributed by atoms with Crippen molar-refractivity contribution in [1.82, 2.24) is 0 Å². The molecule has 0 bridgehead atoms. The Labute approximate surface area is 215 Å². The van der Waals surface area contributed by atoms with Crippen LogP contribution in [-0.4, -0.2) is 73.3 Å². The lowest BCUT2D eigenvalue weighted by Crippen LogP contribution is -2.58. The van der Waals surface area contributed by atoms with Crippen molar-refractivity contribution in [2.45, 2.75) is 122 Å². The van der Waals surface area contributed by atoms with Crippen LogP contribution in [0, 0.1) is 17.2 Å². The third-order valence-electron chi connectivity index (χ3n) is 6.23. The van der Waals surface area contributed by atoms with Crippen molar-refractivity contribution < 1.29 is 27.9 Å². The number of epoxide rings is 1. The molecule has 0 saturated carbocycles. The SMILES string of the molecule is C[C@H]([C@@H]1O[C@H]1C[C@H]1CO[C@@H](C/C(O)=C/[N+]#N)[C@H](O[Si](C)(C)C)[C@@H]1O[Si](C)(C)C)[C@H](C)O[Si](C)(C)C. The van der Waals surface area contributed by atoms with Crippen molar-refractivity contribution in [3.8, 4) is 0 Å². The monoisotopic (exact) mass is 545 g/mol. The Bertz CT molecular complexity index is 771. The van der Waals surface area contributed by atoms with Gasteiger partial charge in [-0.3, -0.25) is 0 Å². The molecule has 0 unspecified atom stereocenters. The van der Waals surface area contributed by atoms with Gasteiger partial charge in [0.2, 0.25) is 5.39 Å². The molecule has 202 valence electrons. The summed E-state index contributed by atoms with van der Waals surface area (Å²) in [6, 6.07) is 0.